The second-order valence-electron chi connectivity index (χ2n) is 5.35. The molecule has 0 atom stereocenters. The summed E-state index contributed by atoms with van der Waals surface area (Å²) in [5, 5.41) is 3.41. The van der Waals surface area contributed by atoms with Gasteiger partial charge in [0.2, 0.25) is 0 Å². The maximum absolute atomic E-state index is 11.3. The first kappa shape index (κ1) is 11.5. The Morgan fingerprint density at radius 3 is 2.80 bits per heavy atom. The Kier molecular flexibility index (Phi) is 2.37. The molecule has 0 amide bonds. The lowest BCUT2D eigenvalue weighted by molar-refractivity contribution is 0.636. The van der Waals surface area contributed by atoms with E-state index in [0.29, 0.717) is 0 Å². The van der Waals surface area contributed by atoms with Gasteiger partial charge in [-0.2, -0.15) is 0 Å². The number of hydrogen-bond acceptors (Lipinski definition) is 2. The van der Waals surface area contributed by atoms with E-state index >= 15 is 0 Å². The van der Waals surface area contributed by atoms with E-state index in [0.717, 1.165) is 41.8 Å². The molecule has 3 heterocycles. The summed E-state index contributed by atoms with van der Waals surface area (Å²) in [5.74, 6) is 0. The molecule has 1 aromatic carbocycles. The van der Waals surface area contributed by atoms with Crippen molar-refractivity contribution in [2.24, 2.45) is 0 Å². The second-order valence-corrected chi connectivity index (χ2v) is 5.35. The van der Waals surface area contributed by atoms with Gasteiger partial charge in [0, 0.05) is 36.5 Å². The molecule has 0 saturated heterocycles. The molecule has 4 rings (SSSR count). The summed E-state index contributed by atoms with van der Waals surface area (Å²) in [5.41, 5.74) is 7.80. The van der Waals surface area contributed by atoms with Crippen LogP contribution in [0.5, 0.6) is 0 Å². The molecule has 20 heavy (non-hydrogen) atoms. The molecule has 0 fully saturated rings. The van der Waals surface area contributed by atoms with Crippen molar-refractivity contribution in [2.75, 3.05) is 6.54 Å². The van der Waals surface area contributed by atoms with Crippen LogP contribution >= 0.6 is 0 Å². The molecular weight excluding hydrogens is 252 g/mol. The van der Waals surface area contributed by atoms with Gasteiger partial charge in [-0.3, -0.25) is 0 Å². The van der Waals surface area contributed by atoms with E-state index < -0.39 is 0 Å². The van der Waals surface area contributed by atoms with Gasteiger partial charge in [0.1, 0.15) is 0 Å². The zero-order valence-corrected chi connectivity index (χ0v) is 11.3. The number of H-pyrrole nitrogens is 3. The minimum absolute atomic E-state index is 0.163. The standard InChI is InChI=1S/C15H16N4O/c1-8-10-7-16-5-4-11(10)17-14(8)9-2-3-12-13(6-9)19-15(20)18-12/h2-3,6,16-17H,4-5,7H2,1H3,(H2,18,19,20). The third-order valence-corrected chi connectivity index (χ3v) is 4.13. The van der Waals surface area contributed by atoms with Gasteiger partial charge >= 0.3 is 5.69 Å². The van der Waals surface area contributed by atoms with Gasteiger partial charge in [-0.15, -0.1) is 0 Å². The normalized spacial score (nSPS) is 14.7. The number of benzene rings is 1. The zero-order valence-electron chi connectivity index (χ0n) is 11.3. The summed E-state index contributed by atoms with van der Waals surface area (Å²) in [6, 6.07) is 6.01. The van der Waals surface area contributed by atoms with Crippen LogP contribution in [0.15, 0.2) is 23.0 Å². The van der Waals surface area contributed by atoms with Gasteiger partial charge in [-0.25, -0.2) is 4.79 Å². The Balaban J connectivity index is 1.90. The highest BCUT2D eigenvalue weighted by molar-refractivity contribution is 5.81. The van der Waals surface area contributed by atoms with E-state index in [1.54, 1.807) is 0 Å². The van der Waals surface area contributed by atoms with E-state index in [-0.39, 0.29) is 5.69 Å². The molecule has 3 aromatic rings. The fourth-order valence-corrected chi connectivity index (χ4v) is 3.05. The first-order valence-electron chi connectivity index (χ1n) is 6.86. The van der Waals surface area contributed by atoms with Gasteiger partial charge < -0.3 is 20.3 Å². The quantitative estimate of drug-likeness (QED) is 0.543. The minimum Gasteiger partial charge on any atom is -0.358 e. The van der Waals surface area contributed by atoms with Gasteiger partial charge in [-0.1, -0.05) is 6.07 Å². The summed E-state index contributed by atoms with van der Waals surface area (Å²) >= 11 is 0. The maximum Gasteiger partial charge on any atom is 0.323 e. The van der Waals surface area contributed by atoms with Crippen LogP contribution in [0.3, 0.4) is 0 Å². The topological polar surface area (TPSA) is 76.5 Å². The fraction of sp³-hybridized carbons (Fsp3) is 0.267. The number of aromatic amines is 3. The van der Waals surface area contributed by atoms with Crippen molar-refractivity contribution >= 4 is 11.0 Å². The third kappa shape index (κ3) is 1.63. The van der Waals surface area contributed by atoms with Crippen LogP contribution in [0.1, 0.15) is 16.8 Å². The molecule has 0 unspecified atom stereocenters. The van der Waals surface area contributed by atoms with Crippen LogP contribution < -0.4 is 11.0 Å². The van der Waals surface area contributed by atoms with Crippen molar-refractivity contribution in [3.63, 3.8) is 0 Å². The molecule has 0 aliphatic carbocycles. The Morgan fingerprint density at radius 2 is 1.95 bits per heavy atom. The van der Waals surface area contributed by atoms with E-state index in [4.69, 9.17) is 0 Å². The molecule has 5 nitrogen and oxygen atoms in total. The highest BCUT2D eigenvalue weighted by Gasteiger charge is 2.18. The molecule has 5 heteroatoms. The van der Waals surface area contributed by atoms with Gasteiger partial charge in [-0.05, 0) is 30.2 Å². The maximum atomic E-state index is 11.3. The smallest absolute Gasteiger partial charge is 0.323 e. The van der Waals surface area contributed by atoms with Crippen LogP contribution in [-0.4, -0.2) is 21.5 Å². The van der Waals surface area contributed by atoms with Crippen LogP contribution in [0.2, 0.25) is 0 Å². The van der Waals surface area contributed by atoms with Crippen LogP contribution in [0, 0.1) is 6.92 Å². The van der Waals surface area contributed by atoms with E-state index in [1.807, 2.05) is 18.2 Å². The van der Waals surface area contributed by atoms with Crippen molar-refractivity contribution in [3.05, 3.63) is 45.5 Å². The molecule has 0 bridgehead atoms. The monoisotopic (exact) mass is 268 g/mol. The van der Waals surface area contributed by atoms with E-state index in [9.17, 15) is 4.79 Å². The van der Waals surface area contributed by atoms with Crippen molar-refractivity contribution < 1.29 is 0 Å². The number of imidazole rings is 1. The SMILES string of the molecule is Cc1c(-c2ccc3[nH]c(=O)[nH]c3c2)[nH]c2c1CNCC2. The molecule has 4 N–H and O–H groups in total. The number of fused-ring (bicyclic) bond motifs is 2. The lowest BCUT2D eigenvalue weighted by Crippen LogP contribution is -2.23. The average Bonchev–Trinajstić information content (AvgIpc) is 2.98. The van der Waals surface area contributed by atoms with Crippen LogP contribution in [0.4, 0.5) is 0 Å². The van der Waals surface area contributed by atoms with Crippen LogP contribution in [0.25, 0.3) is 22.3 Å². The number of rotatable bonds is 1. The number of hydrogen-bond donors (Lipinski definition) is 4. The van der Waals surface area contributed by atoms with Crippen molar-refractivity contribution in [1.29, 1.82) is 0 Å². The van der Waals surface area contributed by atoms with Crippen molar-refractivity contribution in [1.82, 2.24) is 20.3 Å². The lowest BCUT2D eigenvalue weighted by Gasteiger charge is -2.12. The molecule has 1 aliphatic heterocycles. The van der Waals surface area contributed by atoms with Crippen molar-refractivity contribution in [3.8, 4) is 11.3 Å². The lowest BCUT2D eigenvalue weighted by atomic mass is 10.0. The predicted octanol–water partition coefficient (Wildman–Crippen LogP) is 1.81. The molecule has 0 spiro atoms. The average molecular weight is 268 g/mol. The summed E-state index contributed by atoms with van der Waals surface area (Å²) in [6.45, 7) is 4.11. The van der Waals surface area contributed by atoms with Crippen LogP contribution in [-0.2, 0) is 13.0 Å². The summed E-state index contributed by atoms with van der Waals surface area (Å²) in [6.07, 6.45) is 1.04. The van der Waals surface area contributed by atoms with E-state index in [1.165, 1.54) is 16.8 Å². The summed E-state index contributed by atoms with van der Waals surface area (Å²) in [7, 11) is 0. The Hall–Kier alpha value is -2.27. The number of nitrogens with one attached hydrogen (secondary N) is 4. The molecule has 2 aromatic heterocycles. The summed E-state index contributed by atoms with van der Waals surface area (Å²) < 4.78 is 0. The highest BCUT2D eigenvalue weighted by atomic mass is 16.1. The Morgan fingerprint density at radius 1 is 1.10 bits per heavy atom. The first-order chi connectivity index (χ1) is 9.72. The van der Waals surface area contributed by atoms with Crippen molar-refractivity contribution in [2.45, 2.75) is 19.9 Å². The molecule has 1 aliphatic rings. The van der Waals surface area contributed by atoms with Gasteiger partial charge in [0.25, 0.3) is 0 Å². The molecule has 0 saturated carbocycles. The third-order valence-electron chi connectivity index (χ3n) is 4.13. The molecule has 102 valence electrons. The Bertz CT molecular complexity index is 853. The second kappa shape index (κ2) is 4.11. The molecule has 0 radical (unpaired) electrons. The fourth-order valence-electron chi connectivity index (χ4n) is 3.05. The summed E-state index contributed by atoms with van der Waals surface area (Å²) in [4.78, 5) is 20.5. The molecular formula is C15H16N4O. The zero-order chi connectivity index (χ0) is 13.7. The number of aromatic nitrogens is 3. The minimum atomic E-state index is -0.163. The predicted molar refractivity (Wildman–Crippen MR) is 78.9 cm³/mol. The van der Waals surface area contributed by atoms with E-state index in [2.05, 4.69) is 27.2 Å². The Labute approximate surface area is 115 Å². The van der Waals surface area contributed by atoms with Gasteiger partial charge in [0.05, 0.1) is 11.0 Å². The van der Waals surface area contributed by atoms with Gasteiger partial charge in [0.15, 0.2) is 0 Å². The first-order valence-corrected chi connectivity index (χ1v) is 6.86. The largest absolute Gasteiger partial charge is 0.358 e. The highest BCUT2D eigenvalue weighted by Crippen LogP contribution is 2.30.